The van der Waals surface area contributed by atoms with Gasteiger partial charge in [0, 0.05) is 25.6 Å². The molecule has 2 saturated heterocycles. The Morgan fingerprint density at radius 3 is 2.67 bits per heavy atom. The van der Waals surface area contributed by atoms with E-state index < -0.39 is 0 Å². The third-order valence-corrected chi connectivity index (χ3v) is 5.92. The van der Waals surface area contributed by atoms with E-state index in [1.54, 1.807) is 7.11 Å². The van der Waals surface area contributed by atoms with Gasteiger partial charge >= 0.3 is 0 Å². The smallest absolute Gasteiger partial charge is 0.258 e. The number of halogens is 1. The van der Waals surface area contributed by atoms with Crippen molar-refractivity contribution in [3.8, 4) is 5.75 Å². The maximum Gasteiger partial charge on any atom is 0.258 e. The Kier molecular flexibility index (Phi) is 5.78. The number of nitrogens with zero attached hydrogens (tertiary/aromatic N) is 1. The standard InChI is InChI=1S/C22H26N2O2.ClH/c1-14-8-9-20(26-3)18(10-14)22(25)24-13-16-11-23-12-19(16)21(24)17-7-5-4-6-15(17)2;/h4-10,16,19,21,23H,11-13H2,1-3H3;1H/t16-,19-,21+;/m0./s1. The second-order valence-electron chi connectivity index (χ2n) is 7.54. The van der Waals surface area contributed by atoms with Gasteiger partial charge in [-0.15, -0.1) is 12.4 Å². The highest BCUT2D eigenvalue weighted by molar-refractivity contribution is 5.97. The minimum absolute atomic E-state index is 0. The molecule has 0 saturated carbocycles. The van der Waals surface area contributed by atoms with Crippen LogP contribution in [0.3, 0.4) is 0 Å². The molecule has 2 aromatic carbocycles. The summed E-state index contributed by atoms with van der Waals surface area (Å²) in [5.74, 6) is 1.71. The van der Waals surface area contributed by atoms with Crippen LogP contribution in [-0.2, 0) is 0 Å². The Morgan fingerprint density at radius 1 is 1.15 bits per heavy atom. The van der Waals surface area contributed by atoms with E-state index in [0.717, 1.165) is 25.2 Å². The lowest BCUT2D eigenvalue weighted by molar-refractivity contribution is 0.0710. The minimum atomic E-state index is 0. The van der Waals surface area contributed by atoms with E-state index >= 15 is 0 Å². The highest BCUT2D eigenvalue weighted by Gasteiger charge is 2.47. The van der Waals surface area contributed by atoms with E-state index in [2.05, 4.69) is 41.4 Å². The monoisotopic (exact) mass is 386 g/mol. The number of carbonyl (C=O) groups excluding carboxylic acids is 1. The molecule has 27 heavy (non-hydrogen) atoms. The molecule has 2 fully saturated rings. The molecule has 0 unspecified atom stereocenters. The fourth-order valence-electron chi connectivity index (χ4n) is 4.59. The van der Waals surface area contributed by atoms with Gasteiger partial charge in [-0.25, -0.2) is 0 Å². The second kappa shape index (κ2) is 7.91. The number of benzene rings is 2. The summed E-state index contributed by atoms with van der Waals surface area (Å²) in [4.78, 5) is 15.6. The first-order valence-electron chi connectivity index (χ1n) is 9.32. The quantitative estimate of drug-likeness (QED) is 0.873. The van der Waals surface area contributed by atoms with Crippen molar-refractivity contribution < 1.29 is 9.53 Å². The van der Waals surface area contributed by atoms with Crippen LogP contribution in [0.15, 0.2) is 42.5 Å². The first kappa shape index (κ1) is 19.7. The van der Waals surface area contributed by atoms with Crippen LogP contribution in [0.25, 0.3) is 0 Å². The van der Waals surface area contributed by atoms with Crippen LogP contribution >= 0.6 is 12.4 Å². The van der Waals surface area contributed by atoms with E-state index in [9.17, 15) is 4.79 Å². The number of hydrogen-bond donors (Lipinski definition) is 1. The molecule has 1 amide bonds. The zero-order valence-electron chi connectivity index (χ0n) is 16.1. The summed E-state index contributed by atoms with van der Waals surface area (Å²) in [5, 5.41) is 3.51. The molecule has 2 aliphatic rings. The molecule has 0 aromatic heterocycles. The normalized spacial score (nSPS) is 23.7. The molecule has 5 heteroatoms. The van der Waals surface area contributed by atoms with Crippen LogP contribution < -0.4 is 10.1 Å². The third kappa shape index (κ3) is 3.44. The van der Waals surface area contributed by atoms with Crippen LogP contribution in [0, 0.1) is 25.7 Å². The van der Waals surface area contributed by atoms with Gasteiger partial charge in [-0.2, -0.15) is 0 Å². The summed E-state index contributed by atoms with van der Waals surface area (Å²) in [6, 6.07) is 14.4. The highest BCUT2D eigenvalue weighted by atomic mass is 35.5. The zero-order chi connectivity index (χ0) is 18.3. The van der Waals surface area contributed by atoms with E-state index in [0.29, 0.717) is 23.1 Å². The van der Waals surface area contributed by atoms with Gasteiger partial charge in [-0.1, -0.05) is 35.9 Å². The molecule has 4 nitrogen and oxygen atoms in total. The number of fused-ring (bicyclic) bond motifs is 1. The lowest BCUT2D eigenvalue weighted by Crippen LogP contribution is -2.35. The maximum atomic E-state index is 13.5. The molecular formula is C22H27ClN2O2. The van der Waals surface area contributed by atoms with Crippen LogP contribution in [-0.4, -0.2) is 37.6 Å². The molecule has 2 aromatic rings. The molecular weight excluding hydrogens is 360 g/mol. The number of aryl methyl sites for hydroxylation is 2. The predicted octanol–water partition coefficient (Wildman–Crippen LogP) is 3.77. The SMILES string of the molecule is COc1ccc(C)cc1C(=O)N1C[C@@H]2CNC[C@@H]2[C@H]1c1ccccc1C.Cl. The van der Waals surface area contributed by atoms with Crippen molar-refractivity contribution in [3.05, 3.63) is 64.7 Å². The zero-order valence-corrected chi connectivity index (χ0v) is 16.9. The second-order valence-corrected chi connectivity index (χ2v) is 7.54. The summed E-state index contributed by atoms with van der Waals surface area (Å²) in [6.07, 6.45) is 0. The van der Waals surface area contributed by atoms with Gasteiger partial charge in [-0.3, -0.25) is 4.79 Å². The number of likely N-dealkylation sites (tertiary alicyclic amines) is 1. The van der Waals surface area contributed by atoms with Gasteiger partial charge in [0.1, 0.15) is 5.75 Å². The summed E-state index contributed by atoms with van der Waals surface area (Å²) < 4.78 is 5.48. The van der Waals surface area contributed by atoms with E-state index in [1.165, 1.54) is 11.1 Å². The lowest BCUT2D eigenvalue weighted by Gasteiger charge is -2.30. The Labute approximate surface area is 167 Å². The molecule has 2 aliphatic heterocycles. The Hall–Kier alpha value is -2.04. The molecule has 4 rings (SSSR count). The van der Waals surface area contributed by atoms with Crippen molar-refractivity contribution in [2.75, 3.05) is 26.7 Å². The van der Waals surface area contributed by atoms with Crippen molar-refractivity contribution in [1.82, 2.24) is 10.2 Å². The van der Waals surface area contributed by atoms with Gasteiger partial charge in [0.2, 0.25) is 0 Å². The Morgan fingerprint density at radius 2 is 1.93 bits per heavy atom. The van der Waals surface area contributed by atoms with Crippen molar-refractivity contribution >= 4 is 18.3 Å². The van der Waals surface area contributed by atoms with Gasteiger partial charge in [0.15, 0.2) is 0 Å². The van der Waals surface area contributed by atoms with Crippen molar-refractivity contribution in [1.29, 1.82) is 0 Å². The molecule has 144 valence electrons. The predicted molar refractivity (Wildman–Crippen MR) is 110 cm³/mol. The summed E-state index contributed by atoms with van der Waals surface area (Å²) in [6.45, 7) is 6.91. The average molecular weight is 387 g/mol. The van der Waals surface area contributed by atoms with Gasteiger partial charge in [0.25, 0.3) is 5.91 Å². The molecule has 1 N–H and O–H groups in total. The van der Waals surface area contributed by atoms with Gasteiger partial charge < -0.3 is 15.0 Å². The fourth-order valence-corrected chi connectivity index (χ4v) is 4.59. The number of hydrogen-bond acceptors (Lipinski definition) is 3. The van der Waals surface area contributed by atoms with Crippen LogP contribution in [0.2, 0.25) is 0 Å². The third-order valence-electron chi connectivity index (χ3n) is 5.92. The maximum absolute atomic E-state index is 13.5. The molecule has 0 spiro atoms. The van der Waals surface area contributed by atoms with E-state index in [-0.39, 0.29) is 24.4 Å². The van der Waals surface area contributed by atoms with Crippen LogP contribution in [0.4, 0.5) is 0 Å². The van der Waals surface area contributed by atoms with Crippen molar-refractivity contribution in [3.63, 3.8) is 0 Å². The lowest BCUT2D eigenvalue weighted by atomic mass is 9.87. The molecule has 2 heterocycles. The number of amides is 1. The van der Waals surface area contributed by atoms with Gasteiger partial charge in [0.05, 0.1) is 18.7 Å². The van der Waals surface area contributed by atoms with E-state index in [4.69, 9.17) is 4.74 Å². The Balaban J connectivity index is 0.00000210. The number of ether oxygens (including phenoxy) is 1. The first-order valence-corrected chi connectivity index (χ1v) is 9.32. The average Bonchev–Trinajstić information content (AvgIpc) is 3.23. The summed E-state index contributed by atoms with van der Waals surface area (Å²) in [5.41, 5.74) is 4.25. The summed E-state index contributed by atoms with van der Waals surface area (Å²) >= 11 is 0. The summed E-state index contributed by atoms with van der Waals surface area (Å²) in [7, 11) is 1.63. The minimum Gasteiger partial charge on any atom is -0.496 e. The van der Waals surface area contributed by atoms with Crippen molar-refractivity contribution in [2.45, 2.75) is 19.9 Å². The van der Waals surface area contributed by atoms with Crippen molar-refractivity contribution in [2.24, 2.45) is 11.8 Å². The van der Waals surface area contributed by atoms with Crippen LogP contribution in [0.5, 0.6) is 5.75 Å². The highest BCUT2D eigenvalue weighted by Crippen LogP contribution is 2.44. The van der Waals surface area contributed by atoms with Gasteiger partial charge in [-0.05, 0) is 43.0 Å². The fraction of sp³-hybridized carbons (Fsp3) is 0.409. The molecule has 3 atom stereocenters. The van der Waals surface area contributed by atoms with E-state index in [1.807, 2.05) is 25.1 Å². The topological polar surface area (TPSA) is 41.6 Å². The van der Waals surface area contributed by atoms with Crippen LogP contribution in [0.1, 0.15) is 33.1 Å². The molecule has 0 bridgehead atoms. The number of rotatable bonds is 3. The number of nitrogens with one attached hydrogen (secondary N) is 1. The first-order chi connectivity index (χ1) is 12.6. The number of methoxy groups -OCH3 is 1. The largest absolute Gasteiger partial charge is 0.496 e. The molecule has 0 aliphatic carbocycles. The Bertz CT molecular complexity index is 839. The number of carbonyl (C=O) groups is 1. The molecule has 0 radical (unpaired) electrons.